The highest BCUT2D eigenvalue weighted by Crippen LogP contribution is 2.16. The molecule has 0 atom stereocenters. The molecule has 0 aliphatic rings. The second-order valence-corrected chi connectivity index (χ2v) is 5.45. The first-order valence-electron chi connectivity index (χ1n) is 7.80. The number of hydrogen-bond donors (Lipinski definition) is 2. The molecule has 2 aromatic rings. The second kappa shape index (κ2) is 8.62. The van der Waals surface area contributed by atoms with Crippen LogP contribution in [0.25, 0.3) is 0 Å². The number of ketones is 1. The summed E-state index contributed by atoms with van der Waals surface area (Å²) < 4.78 is 0. The molecule has 0 saturated carbocycles. The fraction of sp³-hybridized carbons (Fsp3) is 0.211. The average molecular weight is 324 g/mol. The minimum atomic E-state index is -0.169. The number of benzene rings is 2. The number of anilines is 2. The molecule has 124 valence electrons. The predicted molar refractivity (Wildman–Crippen MR) is 94.0 cm³/mol. The molecule has 2 N–H and O–H groups in total. The van der Waals surface area contributed by atoms with Gasteiger partial charge < -0.3 is 10.6 Å². The lowest BCUT2D eigenvalue weighted by atomic mass is 10.1. The van der Waals surface area contributed by atoms with Crippen LogP contribution in [0.15, 0.2) is 54.6 Å². The summed E-state index contributed by atoms with van der Waals surface area (Å²) in [6.45, 7) is 1.43. The Morgan fingerprint density at radius 2 is 1.50 bits per heavy atom. The van der Waals surface area contributed by atoms with E-state index in [0.29, 0.717) is 29.8 Å². The van der Waals surface area contributed by atoms with Crippen LogP contribution in [0, 0.1) is 0 Å². The van der Waals surface area contributed by atoms with E-state index in [-0.39, 0.29) is 24.0 Å². The van der Waals surface area contributed by atoms with Gasteiger partial charge in [-0.1, -0.05) is 36.4 Å². The van der Waals surface area contributed by atoms with Gasteiger partial charge in [-0.15, -0.1) is 0 Å². The monoisotopic (exact) mass is 324 g/mol. The van der Waals surface area contributed by atoms with Crippen molar-refractivity contribution in [1.82, 2.24) is 0 Å². The van der Waals surface area contributed by atoms with E-state index < -0.39 is 0 Å². The average Bonchev–Trinajstić information content (AvgIpc) is 2.55. The third kappa shape index (κ3) is 5.68. The Balaban J connectivity index is 1.79. The summed E-state index contributed by atoms with van der Waals surface area (Å²) in [4.78, 5) is 35.0. The van der Waals surface area contributed by atoms with Gasteiger partial charge in [0.25, 0.3) is 0 Å². The number of rotatable bonds is 7. The van der Waals surface area contributed by atoms with Gasteiger partial charge in [0, 0.05) is 36.7 Å². The van der Waals surface area contributed by atoms with E-state index in [2.05, 4.69) is 10.6 Å². The highest BCUT2D eigenvalue weighted by atomic mass is 16.2. The van der Waals surface area contributed by atoms with Crippen molar-refractivity contribution in [2.45, 2.75) is 26.2 Å². The zero-order chi connectivity index (χ0) is 17.4. The molecule has 0 bridgehead atoms. The van der Waals surface area contributed by atoms with Crippen LogP contribution in [-0.4, -0.2) is 17.6 Å². The number of carbonyl (C=O) groups excluding carboxylic acids is 3. The summed E-state index contributed by atoms with van der Waals surface area (Å²) in [6.07, 6.45) is 1.09. The summed E-state index contributed by atoms with van der Waals surface area (Å²) in [5.74, 6) is -0.287. The van der Waals surface area contributed by atoms with Crippen molar-refractivity contribution in [3.63, 3.8) is 0 Å². The van der Waals surface area contributed by atoms with E-state index in [0.717, 1.165) is 0 Å². The molecule has 5 heteroatoms. The quantitative estimate of drug-likeness (QED) is 0.764. The highest BCUT2D eigenvalue weighted by molar-refractivity contribution is 5.97. The van der Waals surface area contributed by atoms with Crippen LogP contribution in [0.3, 0.4) is 0 Å². The molecule has 0 radical (unpaired) electrons. The fourth-order valence-electron chi connectivity index (χ4n) is 2.28. The van der Waals surface area contributed by atoms with Crippen molar-refractivity contribution >= 4 is 29.0 Å². The molecule has 0 aliphatic carbocycles. The lowest BCUT2D eigenvalue weighted by Gasteiger charge is -2.08. The van der Waals surface area contributed by atoms with E-state index in [1.165, 1.54) is 6.92 Å². The molecule has 0 saturated heterocycles. The van der Waals surface area contributed by atoms with Crippen molar-refractivity contribution < 1.29 is 14.4 Å². The SMILES string of the molecule is CC(=O)Nc1cccc(NC(=O)CCCC(=O)c2ccccc2)c1. The van der Waals surface area contributed by atoms with Gasteiger partial charge >= 0.3 is 0 Å². The first-order chi connectivity index (χ1) is 11.5. The minimum Gasteiger partial charge on any atom is -0.326 e. The fourth-order valence-corrected chi connectivity index (χ4v) is 2.28. The number of amides is 2. The Morgan fingerprint density at radius 3 is 2.17 bits per heavy atom. The summed E-state index contributed by atoms with van der Waals surface area (Å²) in [7, 11) is 0. The molecule has 24 heavy (non-hydrogen) atoms. The van der Waals surface area contributed by atoms with Gasteiger partial charge in [0.05, 0.1) is 0 Å². The Kier molecular flexibility index (Phi) is 6.25. The summed E-state index contributed by atoms with van der Waals surface area (Å²) >= 11 is 0. The molecule has 0 aliphatic heterocycles. The largest absolute Gasteiger partial charge is 0.326 e. The van der Waals surface area contributed by atoms with Gasteiger partial charge in [-0.25, -0.2) is 0 Å². The van der Waals surface area contributed by atoms with E-state index in [1.807, 2.05) is 18.2 Å². The van der Waals surface area contributed by atoms with Gasteiger partial charge in [0.1, 0.15) is 0 Å². The lowest BCUT2D eigenvalue weighted by molar-refractivity contribution is -0.116. The van der Waals surface area contributed by atoms with Crippen molar-refractivity contribution in [3.8, 4) is 0 Å². The van der Waals surface area contributed by atoms with Crippen LogP contribution in [0.1, 0.15) is 36.5 Å². The van der Waals surface area contributed by atoms with Gasteiger partial charge in [-0.2, -0.15) is 0 Å². The highest BCUT2D eigenvalue weighted by Gasteiger charge is 2.08. The van der Waals surface area contributed by atoms with Crippen molar-refractivity contribution in [2.75, 3.05) is 10.6 Å². The van der Waals surface area contributed by atoms with Crippen LogP contribution in [0.2, 0.25) is 0 Å². The molecule has 0 spiro atoms. The van der Waals surface area contributed by atoms with Crippen LogP contribution >= 0.6 is 0 Å². The normalized spacial score (nSPS) is 10.0. The van der Waals surface area contributed by atoms with Crippen LogP contribution in [0.5, 0.6) is 0 Å². The first-order valence-corrected chi connectivity index (χ1v) is 7.80. The van der Waals surface area contributed by atoms with Crippen molar-refractivity contribution in [3.05, 3.63) is 60.2 Å². The Labute approximate surface area is 141 Å². The Bertz CT molecular complexity index is 726. The minimum absolute atomic E-state index is 0.0380. The number of Topliss-reactive ketones (excluding diaryl/α,β-unsaturated/α-hetero) is 1. The maximum absolute atomic E-state index is 12.0. The molecule has 2 rings (SSSR count). The first kappa shape index (κ1) is 17.4. The lowest BCUT2D eigenvalue weighted by Crippen LogP contribution is -2.12. The van der Waals surface area contributed by atoms with E-state index in [9.17, 15) is 14.4 Å². The van der Waals surface area contributed by atoms with Gasteiger partial charge in [0.2, 0.25) is 11.8 Å². The number of nitrogens with one attached hydrogen (secondary N) is 2. The van der Waals surface area contributed by atoms with Crippen molar-refractivity contribution in [1.29, 1.82) is 0 Å². The van der Waals surface area contributed by atoms with E-state index in [4.69, 9.17) is 0 Å². The van der Waals surface area contributed by atoms with Gasteiger partial charge in [0.15, 0.2) is 5.78 Å². The topological polar surface area (TPSA) is 75.3 Å². The van der Waals surface area contributed by atoms with Gasteiger partial charge in [-0.05, 0) is 24.6 Å². The van der Waals surface area contributed by atoms with Gasteiger partial charge in [-0.3, -0.25) is 14.4 Å². The molecule has 2 amide bonds. The summed E-state index contributed by atoms with van der Waals surface area (Å²) in [5, 5.41) is 5.43. The summed E-state index contributed by atoms with van der Waals surface area (Å²) in [5.41, 5.74) is 1.90. The van der Waals surface area contributed by atoms with E-state index in [1.54, 1.807) is 36.4 Å². The maximum atomic E-state index is 12.0. The number of hydrogen-bond acceptors (Lipinski definition) is 3. The Morgan fingerprint density at radius 1 is 0.833 bits per heavy atom. The predicted octanol–water partition coefficient (Wildman–Crippen LogP) is 3.64. The van der Waals surface area contributed by atoms with Crippen molar-refractivity contribution in [2.24, 2.45) is 0 Å². The molecule has 0 fully saturated rings. The van der Waals surface area contributed by atoms with Crippen LogP contribution in [0.4, 0.5) is 11.4 Å². The summed E-state index contributed by atoms with van der Waals surface area (Å²) in [6, 6.07) is 16.0. The van der Waals surface area contributed by atoms with Crippen LogP contribution < -0.4 is 10.6 Å². The molecule has 0 unspecified atom stereocenters. The zero-order valence-corrected chi connectivity index (χ0v) is 13.5. The Hall–Kier alpha value is -2.95. The molecule has 0 heterocycles. The molecule has 0 aromatic heterocycles. The van der Waals surface area contributed by atoms with Crippen LogP contribution in [-0.2, 0) is 9.59 Å². The number of carbonyl (C=O) groups is 3. The maximum Gasteiger partial charge on any atom is 0.224 e. The van der Waals surface area contributed by atoms with E-state index >= 15 is 0 Å². The smallest absolute Gasteiger partial charge is 0.224 e. The third-order valence-electron chi connectivity index (χ3n) is 3.37. The molecule has 2 aromatic carbocycles. The molecular formula is C19H20N2O3. The molecular weight excluding hydrogens is 304 g/mol. The zero-order valence-electron chi connectivity index (χ0n) is 13.5. The second-order valence-electron chi connectivity index (χ2n) is 5.45. The standard InChI is InChI=1S/C19H20N2O3/c1-14(22)20-16-9-5-10-17(13-16)21-19(24)12-6-11-18(23)15-7-3-2-4-8-15/h2-5,7-10,13H,6,11-12H2,1H3,(H,20,22)(H,21,24). The molecule has 5 nitrogen and oxygen atoms in total. The third-order valence-corrected chi connectivity index (χ3v) is 3.37.